The van der Waals surface area contributed by atoms with Gasteiger partial charge < -0.3 is 10.6 Å². The molecule has 0 amide bonds. The number of amidine groups is 1. The van der Waals surface area contributed by atoms with E-state index in [1.54, 1.807) is 11.3 Å². The number of aliphatic imine (C=N–C) groups is 1. The van der Waals surface area contributed by atoms with E-state index >= 15 is 0 Å². The molecule has 0 saturated carbocycles. The van der Waals surface area contributed by atoms with Gasteiger partial charge in [0.25, 0.3) is 0 Å². The molecular formula is C16H17N5S. The van der Waals surface area contributed by atoms with Gasteiger partial charge in [-0.05, 0) is 19.4 Å². The van der Waals surface area contributed by atoms with Crippen molar-refractivity contribution in [2.75, 3.05) is 6.54 Å². The Morgan fingerprint density at radius 3 is 3.00 bits per heavy atom. The number of hydrogen-bond acceptors (Lipinski definition) is 5. The van der Waals surface area contributed by atoms with Crippen LogP contribution in [0.2, 0.25) is 0 Å². The molecule has 0 saturated heterocycles. The number of H-pyrrole nitrogens is 1. The van der Waals surface area contributed by atoms with Crippen LogP contribution in [0, 0.1) is 6.92 Å². The molecule has 4 heterocycles. The first-order chi connectivity index (χ1) is 10.7. The van der Waals surface area contributed by atoms with Crippen LogP contribution < -0.4 is 10.6 Å². The van der Waals surface area contributed by atoms with Gasteiger partial charge >= 0.3 is 0 Å². The molecule has 1 atom stereocenters. The van der Waals surface area contributed by atoms with E-state index in [9.17, 15) is 0 Å². The Kier molecular flexibility index (Phi) is 3.20. The molecule has 3 N–H and O–H groups in total. The van der Waals surface area contributed by atoms with Crippen molar-refractivity contribution >= 4 is 28.6 Å². The summed E-state index contributed by atoms with van der Waals surface area (Å²) in [4.78, 5) is 7.08. The molecule has 2 aliphatic heterocycles. The second kappa shape index (κ2) is 5.23. The van der Waals surface area contributed by atoms with Crippen LogP contribution >= 0.6 is 11.3 Å². The third-order valence-corrected chi connectivity index (χ3v) is 5.17. The van der Waals surface area contributed by atoms with Crippen LogP contribution in [-0.4, -0.2) is 28.6 Å². The van der Waals surface area contributed by atoms with Gasteiger partial charge in [-0.15, -0.1) is 11.3 Å². The zero-order chi connectivity index (χ0) is 15.1. The molecule has 0 bridgehead atoms. The smallest absolute Gasteiger partial charge is 0.124 e. The Morgan fingerprint density at radius 1 is 1.36 bits per heavy atom. The van der Waals surface area contributed by atoms with Gasteiger partial charge in [-0.2, -0.15) is 5.10 Å². The molecule has 0 fully saturated rings. The zero-order valence-electron chi connectivity index (χ0n) is 12.3. The first kappa shape index (κ1) is 13.5. The number of aromatic nitrogens is 2. The van der Waals surface area contributed by atoms with E-state index < -0.39 is 0 Å². The highest BCUT2D eigenvalue weighted by atomic mass is 32.1. The minimum absolute atomic E-state index is 0.230. The SMILES string of the molecule is C=C1NC([C@@H]2CC=CCN2)=Nc2cc(-c3cn[nH]c3C)sc21. The molecule has 22 heavy (non-hydrogen) atoms. The van der Waals surface area contributed by atoms with Gasteiger partial charge in [-0.25, -0.2) is 4.99 Å². The number of rotatable bonds is 2. The lowest BCUT2D eigenvalue weighted by Crippen LogP contribution is -2.45. The maximum atomic E-state index is 4.81. The summed E-state index contributed by atoms with van der Waals surface area (Å²) in [5, 5.41) is 13.9. The second-order valence-electron chi connectivity index (χ2n) is 5.50. The molecule has 0 aromatic carbocycles. The van der Waals surface area contributed by atoms with E-state index in [-0.39, 0.29) is 6.04 Å². The molecule has 4 rings (SSSR count). The van der Waals surface area contributed by atoms with Crippen LogP contribution in [0.15, 0.2) is 36.0 Å². The first-order valence-electron chi connectivity index (χ1n) is 7.30. The summed E-state index contributed by atoms with van der Waals surface area (Å²) in [7, 11) is 0. The predicted octanol–water partition coefficient (Wildman–Crippen LogP) is 2.97. The van der Waals surface area contributed by atoms with Crippen molar-refractivity contribution in [2.45, 2.75) is 19.4 Å². The van der Waals surface area contributed by atoms with Crippen LogP contribution in [0.4, 0.5) is 5.69 Å². The molecule has 0 unspecified atom stereocenters. The van der Waals surface area contributed by atoms with Gasteiger partial charge in [0.15, 0.2) is 0 Å². The molecule has 112 valence electrons. The number of nitrogens with zero attached hydrogens (tertiary/aromatic N) is 2. The zero-order valence-corrected chi connectivity index (χ0v) is 13.1. The van der Waals surface area contributed by atoms with Crippen molar-refractivity contribution < 1.29 is 0 Å². The van der Waals surface area contributed by atoms with Gasteiger partial charge in [-0.1, -0.05) is 18.7 Å². The largest absolute Gasteiger partial charge is 0.342 e. The van der Waals surface area contributed by atoms with Crippen LogP contribution in [0.25, 0.3) is 16.1 Å². The van der Waals surface area contributed by atoms with E-state index in [2.05, 4.69) is 45.6 Å². The fourth-order valence-corrected chi connectivity index (χ4v) is 3.85. The van der Waals surface area contributed by atoms with Gasteiger partial charge in [0.05, 0.1) is 28.5 Å². The standard InChI is InChI=1S/C16H17N5S/c1-9-11(8-18-21-9)14-7-13-15(22-14)10(2)19-16(20-13)12-5-3-4-6-17-12/h3-4,7-8,12,17H,2,5-6H2,1H3,(H,18,21)(H,19,20)/t12-/m0/s1. The minimum atomic E-state index is 0.230. The average molecular weight is 311 g/mol. The Labute approximate surface area is 132 Å². The molecular weight excluding hydrogens is 294 g/mol. The molecule has 2 aliphatic rings. The number of aryl methyl sites for hydroxylation is 1. The molecule has 2 aromatic rings. The fraction of sp³-hybridized carbons (Fsp3) is 0.250. The van der Waals surface area contributed by atoms with E-state index in [4.69, 9.17) is 4.99 Å². The summed E-state index contributed by atoms with van der Waals surface area (Å²) < 4.78 is 0. The predicted molar refractivity (Wildman–Crippen MR) is 91.5 cm³/mol. The lowest BCUT2D eigenvalue weighted by molar-refractivity contribution is 0.636. The first-order valence-corrected chi connectivity index (χ1v) is 8.11. The molecule has 2 aromatic heterocycles. The Morgan fingerprint density at radius 2 is 2.27 bits per heavy atom. The maximum Gasteiger partial charge on any atom is 0.124 e. The Bertz CT molecular complexity index is 795. The minimum Gasteiger partial charge on any atom is -0.342 e. The summed E-state index contributed by atoms with van der Waals surface area (Å²) in [5.41, 5.74) is 4.12. The number of thiophene rings is 1. The maximum absolute atomic E-state index is 4.81. The van der Waals surface area contributed by atoms with Crippen molar-refractivity contribution in [2.24, 2.45) is 4.99 Å². The van der Waals surface area contributed by atoms with E-state index in [1.165, 1.54) is 4.88 Å². The van der Waals surface area contributed by atoms with Crippen molar-refractivity contribution in [3.8, 4) is 10.4 Å². The summed E-state index contributed by atoms with van der Waals surface area (Å²) in [6.07, 6.45) is 7.15. The fourth-order valence-electron chi connectivity index (χ4n) is 2.76. The van der Waals surface area contributed by atoms with Crippen molar-refractivity contribution in [3.05, 3.63) is 41.6 Å². The number of hydrogen-bond donors (Lipinski definition) is 3. The Balaban J connectivity index is 1.72. The van der Waals surface area contributed by atoms with Crippen molar-refractivity contribution in [3.63, 3.8) is 0 Å². The van der Waals surface area contributed by atoms with Crippen LogP contribution in [0.5, 0.6) is 0 Å². The molecule has 0 radical (unpaired) electrons. The highest BCUT2D eigenvalue weighted by molar-refractivity contribution is 7.17. The lowest BCUT2D eigenvalue weighted by atomic mass is 10.1. The summed E-state index contributed by atoms with van der Waals surface area (Å²) >= 11 is 1.70. The number of aromatic amines is 1. The number of fused-ring (bicyclic) bond motifs is 1. The van der Waals surface area contributed by atoms with Gasteiger partial charge in [0, 0.05) is 22.7 Å². The Hall–Kier alpha value is -2.18. The van der Waals surface area contributed by atoms with Gasteiger partial charge in [0.1, 0.15) is 5.84 Å². The van der Waals surface area contributed by atoms with Gasteiger partial charge in [0.2, 0.25) is 0 Å². The third kappa shape index (κ3) is 2.20. The van der Waals surface area contributed by atoms with E-state index in [0.29, 0.717) is 0 Å². The van der Waals surface area contributed by atoms with Crippen molar-refractivity contribution in [1.82, 2.24) is 20.8 Å². The van der Waals surface area contributed by atoms with Gasteiger partial charge in [-0.3, -0.25) is 5.10 Å². The number of nitrogens with one attached hydrogen (secondary N) is 3. The average Bonchev–Trinajstić information content (AvgIpc) is 3.14. The summed E-state index contributed by atoms with van der Waals surface area (Å²) in [5.74, 6) is 0.954. The quantitative estimate of drug-likeness (QED) is 0.747. The van der Waals surface area contributed by atoms with Crippen molar-refractivity contribution in [1.29, 1.82) is 0 Å². The van der Waals surface area contributed by atoms with Crippen LogP contribution in [-0.2, 0) is 0 Å². The summed E-state index contributed by atoms with van der Waals surface area (Å²) in [6, 6.07) is 2.36. The normalized spacial score (nSPS) is 20.5. The van der Waals surface area contributed by atoms with Crippen LogP contribution in [0.3, 0.4) is 0 Å². The highest BCUT2D eigenvalue weighted by Crippen LogP contribution is 2.41. The third-order valence-electron chi connectivity index (χ3n) is 3.95. The molecule has 0 spiro atoms. The molecule has 5 nitrogen and oxygen atoms in total. The highest BCUT2D eigenvalue weighted by Gasteiger charge is 2.24. The summed E-state index contributed by atoms with van der Waals surface area (Å²) in [6.45, 7) is 7.08. The molecule has 0 aliphatic carbocycles. The lowest BCUT2D eigenvalue weighted by Gasteiger charge is -2.25. The van der Waals surface area contributed by atoms with E-state index in [1.807, 2.05) is 13.1 Å². The molecule has 6 heteroatoms. The van der Waals surface area contributed by atoms with E-state index in [0.717, 1.165) is 46.3 Å². The second-order valence-corrected chi connectivity index (χ2v) is 6.55. The monoisotopic (exact) mass is 311 g/mol. The topological polar surface area (TPSA) is 65.1 Å². The van der Waals surface area contributed by atoms with Crippen LogP contribution in [0.1, 0.15) is 17.0 Å².